The summed E-state index contributed by atoms with van der Waals surface area (Å²) in [7, 11) is 0. The molecule has 0 radical (unpaired) electrons. The van der Waals surface area contributed by atoms with Gasteiger partial charge >= 0.3 is 17.9 Å². The topological polar surface area (TPSA) is 78.9 Å². The highest BCUT2D eigenvalue weighted by Gasteiger charge is 2.19. The Morgan fingerprint density at radius 3 is 0.842 bits per heavy atom. The van der Waals surface area contributed by atoms with Crippen molar-refractivity contribution in [2.24, 2.45) is 0 Å². The highest BCUT2D eigenvalue weighted by molar-refractivity contribution is 5.71. The first kappa shape index (κ1) is 73.1. The van der Waals surface area contributed by atoms with E-state index < -0.39 is 6.10 Å². The van der Waals surface area contributed by atoms with Crippen LogP contribution >= 0.6 is 0 Å². The van der Waals surface area contributed by atoms with Gasteiger partial charge in [-0.1, -0.05) is 306 Å². The van der Waals surface area contributed by atoms with Crippen LogP contribution in [-0.2, 0) is 28.6 Å². The van der Waals surface area contributed by atoms with Crippen molar-refractivity contribution in [2.45, 2.75) is 354 Å². The molecule has 0 N–H and O–H groups in total. The lowest BCUT2D eigenvalue weighted by molar-refractivity contribution is -0.167. The monoisotopic (exact) mass is 1060 g/mol. The smallest absolute Gasteiger partial charge is 0.306 e. The Bertz CT molecular complexity index is 1360. The highest BCUT2D eigenvalue weighted by Crippen LogP contribution is 2.18. The quantitative estimate of drug-likeness (QED) is 0.0261. The van der Waals surface area contributed by atoms with Gasteiger partial charge in [0.15, 0.2) is 6.10 Å². The second-order valence-corrected chi connectivity index (χ2v) is 22.4. The average Bonchev–Trinajstić information content (AvgIpc) is 3.42. The van der Waals surface area contributed by atoms with Gasteiger partial charge in [0.05, 0.1) is 0 Å². The summed E-state index contributed by atoms with van der Waals surface area (Å²) in [5, 5.41) is 0. The zero-order valence-corrected chi connectivity index (χ0v) is 50.8. The number of allylic oxidation sites excluding steroid dienone is 10. The molecule has 0 aliphatic carbocycles. The van der Waals surface area contributed by atoms with E-state index >= 15 is 0 Å². The van der Waals surface area contributed by atoms with Crippen LogP contribution in [0.15, 0.2) is 60.8 Å². The summed E-state index contributed by atoms with van der Waals surface area (Å²) in [6.45, 7) is 6.55. The Morgan fingerprint density at radius 2 is 0.513 bits per heavy atom. The van der Waals surface area contributed by atoms with Crippen LogP contribution in [0.4, 0.5) is 0 Å². The molecule has 0 aromatic rings. The molecule has 0 saturated heterocycles. The Kier molecular flexibility index (Phi) is 62.2. The molecule has 0 aromatic heterocycles. The molecular weight excluding hydrogens is 937 g/mol. The van der Waals surface area contributed by atoms with E-state index in [-0.39, 0.29) is 31.1 Å². The summed E-state index contributed by atoms with van der Waals surface area (Å²) < 4.78 is 16.9. The Balaban J connectivity index is 4.12. The third kappa shape index (κ3) is 62.0. The average molecular weight is 1060 g/mol. The number of ether oxygens (including phenoxy) is 3. The van der Waals surface area contributed by atoms with E-state index in [2.05, 4.69) is 81.5 Å². The third-order valence-electron chi connectivity index (χ3n) is 14.8. The minimum Gasteiger partial charge on any atom is -0.462 e. The molecule has 442 valence electrons. The molecule has 6 nitrogen and oxygen atoms in total. The first-order valence-electron chi connectivity index (χ1n) is 33.3. The largest absolute Gasteiger partial charge is 0.462 e. The van der Waals surface area contributed by atoms with Gasteiger partial charge in [0.25, 0.3) is 0 Å². The van der Waals surface area contributed by atoms with Gasteiger partial charge in [0.1, 0.15) is 13.2 Å². The minimum atomic E-state index is -0.773. The molecule has 0 aliphatic rings. The number of unbranched alkanes of at least 4 members (excludes halogenated alkanes) is 40. The molecule has 6 heteroatoms. The summed E-state index contributed by atoms with van der Waals surface area (Å²) >= 11 is 0. The number of esters is 3. The first-order chi connectivity index (χ1) is 37.5. The predicted octanol–water partition coefficient (Wildman–Crippen LogP) is 22.7. The van der Waals surface area contributed by atoms with Crippen LogP contribution in [0.5, 0.6) is 0 Å². The molecule has 0 spiro atoms. The molecule has 0 aromatic carbocycles. The summed E-state index contributed by atoms with van der Waals surface area (Å²) in [6.07, 6.45) is 82.5. The molecule has 0 fully saturated rings. The van der Waals surface area contributed by atoms with Crippen LogP contribution in [0.3, 0.4) is 0 Å². The van der Waals surface area contributed by atoms with E-state index in [0.717, 1.165) is 89.9 Å². The van der Waals surface area contributed by atoms with Gasteiger partial charge in [-0.05, 0) is 83.5 Å². The van der Waals surface area contributed by atoms with Crippen LogP contribution in [0.25, 0.3) is 0 Å². The Morgan fingerprint density at radius 1 is 0.276 bits per heavy atom. The second kappa shape index (κ2) is 64.6. The number of carbonyl (C=O) groups excluding carboxylic acids is 3. The van der Waals surface area contributed by atoms with Gasteiger partial charge in [-0.25, -0.2) is 0 Å². The van der Waals surface area contributed by atoms with Gasteiger partial charge in [-0.3, -0.25) is 14.4 Å². The lowest BCUT2D eigenvalue weighted by atomic mass is 10.0. The van der Waals surface area contributed by atoms with Gasteiger partial charge in [-0.2, -0.15) is 0 Å². The summed E-state index contributed by atoms with van der Waals surface area (Å²) in [4.78, 5) is 38.3. The van der Waals surface area contributed by atoms with Crippen molar-refractivity contribution in [1.82, 2.24) is 0 Å². The van der Waals surface area contributed by atoms with Crippen LogP contribution in [0.2, 0.25) is 0 Å². The first-order valence-corrected chi connectivity index (χ1v) is 33.3. The van der Waals surface area contributed by atoms with Crippen molar-refractivity contribution < 1.29 is 28.6 Å². The molecule has 0 amide bonds. The van der Waals surface area contributed by atoms with Crippen molar-refractivity contribution in [3.05, 3.63) is 60.8 Å². The molecule has 0 saturated carbocycles. The molecular formula is C70H126O6. The molecule has 0 heterocycles. The number of rotatable bonds is 61. The normalized spacial score (nSPS) is 12.4. The maximum absolute atomic E-state index is 12.9. The molecule has 0 aliphatic heterocycles. The van der Waals surface area contributed by atoms with Crippen molar-refractivity contribution in [3.63, 3.8) is 0 Å². The van der Waals surface area contributed by atoms with E-state index in [1.54, 1.807) is 0 Å². The molecule has 0 bridgehead atoms. The maximum atomic E-state index is 12.9. The van der Waals surface area contributed by atoms with E-state index in [1.807, 2.05) is 0 Å². The Labute approximate surface area is 472 Å². The SMILES string of the molecule is CC/C=C\C/C=C\C/C=C\C/C=C\CCCCCCCCCCCCCCCCCCCCC(=O)OCC(COC(=O)CCCCCCC/C=C\CCCCC)OC(=O)CCCCCCCCCCCCCCCCC. The fourth-order valence-corrected chi connectivity index (χ4v) is 9.79. The highest BCUT2D eigenvalue weighted by atomic mass is 16.6. The van der Waals surface area contributed by atoms with Crippen LogP contribution in [0, 0.1) is 0 Å². The van der Waals surface area contributed by atoms with Crippen molar-refractivity contribution in [3.8, 4) is 0 Å². The van der Waals surface area contributed by atoms with E-state index in [4.69, 9.17) is 14.2 Å². The van der Waals surface area contributed by atoms with Crippen molar-refractivity contribution >= 4 is 17.9 Å². The molecule has 0 rings (SSSR count). The lowest BCUT2D eigenvalue weighted by Crippen LogP contribution is -2.30. The number of carbonyl (C=O) groups is 3. The third-order valence-corrected chi connectivity index (χ3v) is 14.8. The van der Waals surface area contributed by atoms with Gasteiger partial charge < -0.3 is 14.2 Å². The molecule has 1 atom stereocenters. The lowest BCUT2D eigenvalue weighted by Gasteiger charge is -2.18. The van der Waals surface area contributed by atoms with Gasteiger partial charge in [0.2, 0.25) is 0 Å². The minimum absolute atomic E-state index is 0.0711. The fourth-order valence-electron chi connectivity index (χ4n) is 9.79. The summed E-state index contributed by atoms with van der Waals surface area (Å²) in [5.41, 5.74) is 0. The van der Waals surface area contributed by atoms with Gasteiger partial charge in [0, 0.05) is 19.3 Å². The maximum Gasteiger partial charge on any atom is 0.306 e. The summed E-state index contributed by atoms with van der Waals surface area (Å²) in [6, 6.07) is 0. The summed E-state index contributed by atoms with van der Waals surface area (Å²) in [5.74, 6) is -0.859. The number of hydrogen-bond donors (Lipinski definition) is 0. The predicted molar refractivity (Wildman–Crippen MR) is 330 cm³/mol. The van der Waals surface area contributed by atoms with E-state index in [9.17, 15) is 14.4 Å². The van der Waals surface area contributed by atoms with Crippen LogP contribution < -0.4 is 0 Å². The van der Waals surface area contributed by atoms with Crippen molar-refractivity contribution in [1.29, 1.82) is 0 Å². The zero-order chi connectivity index (χ0) is 55.0. The standard InChI is InChI=1S/C70H126O6/c1-4-7-10-13-16-19-22-25-27-28-29-30-31-32-33-34-35-36-37-38-39-40-41-42-44-45-48-51-54-57-60-63-69(72)75-66-67(65-74-68(71)62-59-56-53-50-47-24-21-18-15-12-9-6-3)76-70(73)64-61-58-55-52-49-46-43-26-23-20-17-14-11-8-5-2/h7,10,16,18-19,21,25,27,29-30,67H,4-6,8-9,11-15,17,20,22-24,26,28,31-66H2,1-3H3/b10-7-,19-16-,21-18-,27-25-,30-29-. The molecule has 1 unspecified atom stereocenters. The van der Waals surface area contributed by atoms with E-state index in [0.29, 0.717) is 19.3 Å². The second-order valence-electron chi connectivity index (χ2n) is 22.4. The van der Waals surface area contributed by atoms with Gasteiger partial charge in [-0.15, -0.1) is 0 Å². The fraction of sp³-hybridized carbons (Fsp3) is 0.814. The molecule has 76 heavy (non-hydrogen) atoms. The van der Waals surface area contributed by atoms with E-state index in [1.165, 1.54) is 218 Å². The Hall–Kier alpha value is -2.89. The van der Waals surface area contributed by atoms with Crippen molar-refractivity contribution in [2.75, 3.05) is 13.2 Å². The number of hydrogen-bond acceptors (Lipinski definition) is 6. The zero-order valence-electron chi connectivity index (χ0n) is 50.8. The van der Waals surface area contributed by atoms with Crippen LogP contribution in [0.1, 0.15) is 348 Å². The van der Waals surface area contributed by atoms with Crippen LogP contribution in [-0.4, -0.2) is 37.2 Å².